The minimum atomic E-state index is -0.397. The van der Waals surface area contributed by atoms with Gasteiger partial charge in [0.25, 0.3) is 0 Å². The molecule has 0 aliphatic rings. The molecule has 0 saturated carbocycles. The first-order valence-electron chi connectivity index (χ1n) is 5.31. The standard InChI is InChI=1S/C12H12N2O3S/c1-8-2-3-10(5-11(8)15)13-6-9-4-12(14(16)17)18-7-9/h2-5,7,13,15H,6H2,1H3. The van der Waals surface area contributed by atoms with E-state index in [-0.39, 0.29) is 10.8 Å². The zero-order valence-electron chi connectivity index (χ0n) is 9.71. The highest BCUT2D eigenvalue weighted by molar-refractivity contribution is 7.13. The molecule has 0 unspecified atom stereocenters. The van der Waals surface area contributed by atoms with Crippen molar-refractivity contribution in [3.63, 3.8) is 0 Å². The first kappa shape index (κ1) is 12.4. The highest BCUT2D eigenvalue weighted by Crippen LogP contribution is 2.24. The average molecular weight is 264 g/mol. The van der Waals surface area contributed by atoms with Crippen molar-refractivity contribution in [3.05, 3.63) is 50.9 Å². The zero-order chi connectivity index (χ0) is 13.1. The second-order valence-electron chi connectivity index (χ2n) is 3.91. The van der Waals surface area contributed by atoms with Crippen molar-refractivity contribution in [1.29, 1.82) is 0 Å². The number of thiophene rings is 1. The lowest BCUT2D eigenvalue weighted by Crippen LogP contribution is -1.98. The summed E-state index contributed by atoms with van der Waals surface area (Å²) in [6.07, 6.45) is 0. The predicted octanol–water partition coefficient (Wildman–Crippen LogP) is 3.28. The van der Waals surface area contributed by atoms with E-state index in [9.17, 15) is 15.2 Å². The van der Waals surface area contributed by atoms with E-state index >= 15 is 0 Å². The molecule has 18 heavy (non-hydrogen) atoms. The van der Waals surface area contributed by atoms with E-state index in [4.69, 9.17) is 0 Å². The van der Waals surface area contributed by atoms with Crippen LogP contribution >= 0.6 is 11.3 Å². The summed E-state index contributed by atoms with van der Waals surface area (Å²) in [5.41, 5.74) is 2.45. The molecule has 0 amide bonds. The fourth-order valence-corrected chi connectivity index (χ4v) is 2.20. The van der Waals surface area contributed by atoms with Crippen molar-refractivity contribution in [1.82, 2.24) is 0 Å². The van der Waals surface area contributed by atoms with Crippen LogP contribution in [0.5, 0.6) is 5.75 Å². The Bertz CT molecular complexity index is 580. The Kier molecular flexibility index (Phi) is 3.47. The Balaban J connectivity index is 2.02. The van der Waals surface area contributed by atoms with Gasteiger partial charge in [-0.15, -0.1) is 0 Å². The number of hydrogen-bond donors (Lipinski definition) is 2. The van der Waals surface area contributed by atoms with Crippen LogP contribution in [0.3, 0.4) is 0 Å². The topological polar surface area (TPSA) is 75.4 Å². The van der Waals surface area contributed by atoms with E-state index in [0.717, 1.165) is 28.2 Å². The normalized spacial score (nSPS) is 10.3. The number of hydrogen-bond acceptors (Lipinski definition) is 5. The number of aromatic hydroxyl groups is 1. The lowest BCUT2D eigenvalue weighted by molar-refractivity contribution is -0.380. The Hall–Kier alpha value is -2.08. The summed E-state index contributed by atoms with van der Waals surface area (Å²) in [7, 11) is 0. The molecule has 0 saturated heterocycles. The van der Waals surface area contributed by atoms with E-state index in [1.165, 1.54) is 0 Å². The lowest BCUT2D eigenvalue weighted by Gasteiger charge is -2.06. The van der Waals surface area contributed by atoms with Crippen LogP contribution in [0.4, 0.5) is 10.7 Å². The number of phenols is 1. The number of rotatable bonds is 4. The van der Waals surface area contributed by atoms with E-state index in [1.54, 1.807) is 17.5 Å². The van der Waals surface area contributed by atoms with Gasteiger partial charge in [0.15, 0.2) is 0 Å². The quantitative estimate of drug-likeness (QED) is 0.656. The van der Waals surface area contributed by atoms with Gasteiger partial charge < -0.3 is 10.4 Å². The van der Waals surface area contributed by atoms with Crippen LogP contribution in [0.1, 0.15) is 11.1 Å². The molecular weight excluding hydrogens is 252 g/mol. The van der Waals surface area contributed by atoms with E-state index in [2.05, 4.69) is 5.32 Å². The Morgan fingerprint density at radius 1 is 1.44 bits per heavy atom. The van der Waals surface area contributed by atoms with Crippen molar-refractivity contribution >= 4 is 22.0 Å². The van der Waals surface area contributed by atoms with Gasteiger partial charge in [-0.1, -0.05) is 17.4 Å². The van der Waals surface area contributed by atoms with Crippen molar-refractivity contribution in [2.45, 2.75) is 13.5 Å². The Morgan fingerprint density at radius 2 is 2.22 bits per heavy atom. The van der Waals surface area contributed by atoms with Gasteiger partial charge in [-0.25, -0.2) is 0 Å². The minimum Gasteiger partial charge on any atom is -0.508 e. The predicted molar refractivity (Wildman–Crippen MR) is 71.1 cm³/mol. The fourth-order valence-electron chi connectivity index (χ4n) is 1.47. The molecule has 2 rings (SSSR count). The summed E-state index contributed by atoms with van der Waals surface area (Å²) in [6, 6.07) is 6.85. The van der Waals surface area contributed by atoms with Crippen molar-refractivity contribution in [2.24, 2.45) is 0 Å². The summed E-state index contributed by atoms with van der Waals surface area (Å²) in [5.74, 6) is 0.233. The molecule has 5 nitrogen and oxygen atoms in total. The maximum Gasteiger partial charge on any atom is 0.324 e. The van der Waals surface area contributed by atoms with E-state index in [1.807, 2.05) is 19.1 Å². The van der Waals surface area contributed by atoms with Crippen molar-refractivity contribution < 1.29 is 10.0 Å². The largest absolute Gasteiger partial charge is 0.508 e. The lowest BCUT2D eigenvalue weighted by atomic mass is 10.2. The molecule has 0 bridgehead atoms. The molecule has 1 heterocycles. The highest BCUT2D eigenvalue weighted by Gasteiger charge is 2.09. The molecule has 1 aromatic heterocycles. The molecule has 0 radical (unpaired) electrons. The molecule has 0 aliphatic heterocycles. The smallest absolute Gasteiger partial charge is 0.324 e. The SMILES string of the molecule is Cc1ccc(NCc2csc([N+](=O)[O-])c2)cc1O. The maximum atomic E-state index is 10.5. The molecule has 0 aliphatic carbocycles. The molecule has 2 aromatic rings. The maximum absolute atomic E-state index is 10.5. The van der Waals surface area contributed by atoms with Crippen LogP contribution in [0.25, 0.3) is 0 Å². The monoisotopic (exact) mass is 264 g/mol. The van der Waals surface area contributed by atoms with Gasteiger partial charge >= 0.3 is 5.00 Å². The van der Waals surface area contributed by atoms with Gasteiger partial charge in [0.1, 0.15) is 5.75 Å². The number of aryl methyl sites for hydroxylation is 1. The third-order valence-corrected chi connectivity index (χ3v) is 3.45. The summed E-state index contributed by atoms with van der Waals surface area (Å²) in [6.45, 7) is 2.31. The third kappa shape index (κ3) is 2.78. The number of nitrogens with zero attached hydrogens (tertiary/aromatic N) is 1. The summed E-state index contributed by atoms with van der Waals surface area (Å²) >= 11 is 1.11. The van der Waals surface area contributed by atoms with E-state index in [0.29, 0.717) is 6.54 Å². The van der Waals surface area contributed by atoms with Gasteiger partial charge in [0, 0.05) is 29.7 Å². The molecule has 2 N–H and O–H groups in total. The molecule has 0 spiro atoms. The van der Waals surface area contributed by atoms with Gasteiger partial charge in [0.05, 0.1) is 4.92 Å². The van der Waals surface area contributed by atoms with Crippen molar-refractivity contribution in [3.8, 4) is 5.75 Å². The Labute approximate surface area is 108 Å². The van der Waals surface area contributed by atoms with Gasteiger partial charge in [-0.05, 0) is 24.1 Å². The number of phenolic OH excluding ortho intramolecular Hbond substituents is 1. The molecule has 1 aromatic carbocycles. The Morgan fingerprint density at radius 3 is 2.83 bits per heavy atom. The molecule has 0 fully saturated rings. The first-order valence-corrected chi connectivity index (χ1v) is 6.19. The highest BCUT2D eigenvalue weighted by atomic mass is 32.1. The summed E-state index contributed by atoms with van der Waals surface area (Å²) < 4.78 is 0. The second-order valence-corrected chi connectivity index (χ2v) is 4.79. The molecule has 6 heteroatoms. The van der Waals surface area contributed by atoms with Gasteiger partial charge in [-0.2, -0.15) is 0 Å². The summed E-state index contributed by atoms with van der Waals surface area (Å²) in [4.78, 5) is 10.1. The summed E-state index contributed by atoms with van der Waals surface area (Å²) in [5, 5.41) is 25.1. The molecule has 94 valence electrons. The van der Waals surface area contributed by atoms with Crippen LogP contribution in [0.15, 0.2) is 29.6 Å². The van der Waals surface area contributed by atoms with Gasteiger partial charge in [-0.3, -0.25) is 10.1 Å². The van der Waals surface area contributed by atoms with E-state index < -0.39 is 4.92 Å². The number of benzene rings is 1. The van der Waals surface area contributed by atoms with Crippen LogP contribution in [-0.2, 0) is 6.54 Å². The first-order chi connectivity index (χ1) is 8.56. The second kappa shape index (κ2) is 5.05. The van der Waals surface area contributed by atoms with Crippen LogP contribution in [-0.4, -0.2) is 10.0 Å². The van der Waals surface area contributed by atoms with Gasteiger partial charge in [0.2, 0.25) is 0 Å². The van der Waals surface area contributed by atoms with Crippen molar-refractivity contribution in [2.75, 3.05) is 5.32 Å². The third-order valence-electron chi connectivity index (χ3n) is 2.53. The fraction of sp³-hybridized carbons (Fsp3) is 0.167. The van der Waals surface area contributed by atoms with Crippen LogP contribution in [0.2, 0.25) is 0 Å². The zero-order valence-corrected chi connectivity index (χ0v) is 10.5. The molecule has 0 atom stereocenters. The van der Waals surface area contributed by atoms with Crippen LogP contribution < -0.4 is 5.32 Å². The molecular formula is C12H12N2O3S. The number of nitrogens with one attached hydrogen (secondary N) is 1. The average Bonchev–Trinajstić information content (AvgIpc) is 2.79. The number of anilines is 1. The number of nitro groups is 1. The van der Waals surface area contributed by atoms with Crippen LogP contribution in [0, 0.1) is 17.0 Å². The minimum absolute atomic E-state index is 0.138.